The van der Waals surface area contributed by atoms with Gasteiger partial charge in [0.25, 0.3) is 0 Å². The largest absolute Gasteiger partial charge is 0.300 e. The molecule has 0 aliphatic heterocycles. The van der Waals surface area contributed by atoms with Crippen molar-refractivity contribution in [2.75, 3.05) is 13.1 Å². The van der Waals surface area contributed by atoms with E-state index in [9.17, 15) is 9.18 Å². The molecular formula is C17H26FNO. The summed E-state index contributed by atoms with van der Waals surface area (Å²) in [5.74, 6) is -0.208. The number of Topliss-reactive ketones (excluding diaryl/α,β-unsaturated/α-hetero) is 1. The summed E-state index contributed by atoms with van der Waals surface area (Å²) in [4.78, 5) is 14.5. The van der Waals surface area contributed by atoms with Gasteiger partial charge in [0.2, 0.25) is 0 Å². The van der Waals surface area contributed by atoms with Gasteiger partial charge in [-0.25, -0.2) is 4.39 Å². The number of carbonyl (C=O) groups is 1. The lowest BCUT2D eigenvalue weighted by Crippen LogP contribution is -2.35. The van der Waals surface area contributed by atoms with Crippen LogP contribution in [0.4, 0.5) is 4.39 Å². The molecule has 0 heterocycles. The Morgan fingerprint density at radius 3 is 2.40 bits per heavy atom. The summed E-state index contributed by atoms with van der Waals surface area (Å²) >= 11 is 0. The summed E-state index contributed by atoms with van der Waals surface area (Å²) in [7, 11) is 0. The van der Waals surface area contributed by atoms with Gasteiger partial charge >= 0.3 is 0 Å². The van der Waals surface area contributed by atoms with Crippen molar-refractivity contribution < 1.29 is 9.18 Å². The van der Waals surface area contributed by atoms with Crippen LogP contribution in [0, 0.1) is 5.82 Å². The molecule has 0 aromatic heterocycles. The zero-order valence-electron chi connectivity index (χ0n) is 12.9. The molecule has 0 bridgehead atoms. The number of hydrogen-bond donors (Lipinski definition) is 0. The van der Waals surface area contributed by atoms with Gasteiger partial charge in [-0.3, -0.25) is 4.79 Å². The van der Waals surface area contributed by atoms with E-state index in [1.807, 2.05) is 0 Å². The number of hydrogen-bond acceptors (Lipinski definition) is 2. The van der Waals surface area contributed by atoms with Crippen LogP contribution in [-0.4, -0.2) is 29.8 Å². The van der Waals surface area contributed by atoms with E-state index in [1.165, 1.54) is 18.6 Å². The van der Waals surface area contributed by atoms with Crippen molar-refractivity contribution in [3.63, 3.8) is 0 Å². The molecule has 0 saturated carbocycles. The van der Waals surface area contributed by atoms with E-state index >= 15 is 0 Å². The average Bonchev–Trinajstić information content (AvgIpc) is 2.47. The molecule has 20 heavy (non-hydrogen) atoms. The minimum absolute atomic E-state index is 0.0924. The van der Waals surface area contributed by atoms with Gasteiger partial charge in [-0.15, -0.1) is 0 Å². The summed E-state index contributed by atoms with van der Waals surface area (Å²) in [5, 5.41) is 0. The van der Waals surface area contributed by atoms with Crippen molar-refractivity contribution in [3.8, 4) is 0 Å². The van der Waals surface area contributed by atoms with Crippen LogP contribution in [0.1, 0.15) is 56.8 Å². The van der Waals surface area contributed by atoms with Gasteiger partial charge in [0.15, 0.2) is 5.78 Å². The molecule has 0 aliphatic rings. The molecule has 2 nitrogen and oxygen atoms in total. The minimum Gasteiger partial charge on any atom is -0.300 e. The van der Waals surface area contributed by atoms with Crippen LogP contribution < -0.4 is 0 Å². The minimum atomic E-state index is -0.300. The van der Waals surface area contributed by atoms with Gasteiger partial charge in [0, 0.05) is 24.6 Å². The Morgan fingerprint density at radius 2 is 1.85 bits per heavy atom. The Morgan fingerprint density at radius 1 is 1.20 bits per heavy atom. The summed E-state index contributed by atoms with van der Waals surface area (Å²) < 4.78 is 12.8. The number of nitrogens with zero attached hydrogens (tertiary/aromatic N) is 1. The van der Waals surface area contributed by atoms with Crippen LogP contribution >= 0.6 is 0 Å². The number of carbonyl (C=O) groups excluding carboxylic acids is 1. The molecule has 0 radical (unpaired) electrons. The normalized spacial score (nSPS) is 12.7. The lowest BCUT2D eigenvalue weighted by molar-refractivity contribution is 0.0951. The molecule has 1 aromatic rings. The van der Waals surface area contributed by atoms with E-state index < -0.39 is 0 Å². The molecule has 112 valence electrons. The predicted molar refractivity (Wildman–Crippen MR) is 81.6 cm³/mol. The smallest absolute Gasteiger partial charge is 0.164 e. The third kappa shape index (κ3) is 5.41. The lowest BCUT2D eigenvalue weighted by Gasteiger charge is -2.28. The molecule has 1 aromatic carbocycles. The van der Waals surface area contributed by atoms with Gasteiger partial charge in [-0.1, -0.05) is 20.3 Å². The second-order valence-corrected chi connectivity index (χ2v) is 5.33. The molecule has 0 N–H and O–H groups in total. The first kappa shape index (κ1) is 16.8. The number of unbranched alkanes of at least 4 members (excludes halogenated alkanes) is 1. The second kappa shape index (κ2) is 8.85. The Kier molecular flexibility index (Phi) is 7.45. The fourth-order valence-corrected chi connectivity index (χ4v) is 2.20. The van der Waals surface area contributed by atoms with Crippen LogP contribution in [0.2, 0.25) is 0 Å². The quantitative estimate of drug-likeness (QED) is 0.628. The molecule has 0 aliphatic carbocycles. The van der Waals surface area contributed by atoms with Crippen molar-refractivity contribution >= 4 is 5.78 Å². The van der Waals surface area contributed by atoms with Crippen molar-refractivity contribution in [3.05, 3.63) is 35.6 Å². The van der Waals surface area contributed by atoms with Crippen LogP contribution in [0.15, 0.2) is 24.3 Å². The van der Waals surface area contributed by atoms with Gasteiger partial charge in [0.1, 0.15) is 5.82 Å². The Labute approximate surface area is 122 Å². The topological polar surface area (TPSA) is 20.3 Å². The second-order valence-electron chi connectivity index (χ2n) is 5.33. The fourth-order valence-electron chi connectivity index (χ4n) is 2.20. The van der Waals surface area contributed by atoms with E-state index in [1.54, 1.807) is 12.1 Å². The molecule has 0 spiro atoms. The highest BCUT2D eigenvalue weighted by molar-refractivity contribution is 5.96. The van der Waals surface area contributed by atoms with Crippen LogP contribution in [0.25, 0.3) is 0 Å². The van der Waals surface area contributed by atoms with Crippen molar-refractivity contribution in [2.45, 2.75) is 52.5 Å². The Hall–Kier alpha value is -1.22. The summed E-state index contributed by atoms with van der Waals surface area (Å²) in [5.41, 5.74) is 0.603. The van der Waals surface area contributed by atoms with E-state index in [-0.39, 0.29) is 11.6 Å². The van der Waals surface area contributed by atoms with Gasteiger partial charge in [-0.2, -0.15) is 0 Å². The fraction of sp³-hybridized carbons (Fsp3) is 0.588. The van der Waals surface area contributed by atoms with Gasteiger partial charge in [-0.05, 0) is 50.6 Å². The van der Waals surface area contributed by atoms with Crippen molar-refractivity contribution in [2.24, 2.45) is 0 Å². The number of rotatable bonds is 9. The summed E-state index contributed by atoms with van der Waals surface area (Å²) in [6, 6.07) is 6.32. The predicted octanol–water partition coefficient (Wildman–Crippen LogP) is 4.30. The highest BCUT2D eigenvalue weighted by atomic mass is 19.1. The summed E-state index contributed by atoms with van der Waals surface area (Å²) in [6.45, 7) is 8.38. The molecule has 0 amide bonds. The molecule has 1 unspecified atom stereocenters. The SMILES string of the molecule is CCCCN(CCC(=O)c1ccc(F)cc1)C(C)CC. The van der Waals surface area contributed by atoms with Crippen molar-refractivity contribution in [1.29, 1.82) is 0 Å². The first-order chi connectivity index (χ1) is 9.58. The van der Waals surface area contributed by atoms with Crippen LogP contribution in [-0.2, 0) is 0 Å². The molecule has 1 rings (SSSR count). The molecule has 1 atom stereocenters. The third-order valence-electron chi connectivity index (χ3n) is 3.81. The van der Waals surface area contributed by atoms with Gasteiger partial charge in [0.05, 0.1) is 0 Å². The highest BCUT2D eigenvalue weighted by Gasteiger charge is 2.14. The standard InChI is InChI=1S/C17H26FNO/c1-4-6-12-19(14(3)5-2)13-11-17(20)15-7-9-16(18)10-8-15/h7-10,14H,4-6,11-13H2,1-3H3. The number of benzene rings is 1. The maximum atomic E-state index is 12.8. The van der Waals surface area contributed by atoms with Crippen LogP contribution in [0.5, 0.6) is 0 Å². The maximum Gasteiger partial charge on any atom is 0.164 e. The van der Waals surface area contributed by atoms with Crippen LogP contribution in [0.3, 0.4) is 0 Å². The molecule has 0 saturated heterocycles. The first-order valence-corrected chi connectivity index (χ1v) is 7.61. The van der Waals surface area contributed by atoms with Crippen molar-refractivity contribution in [1.82, 2.24) is 4.90 Å². The molecular weight excluding hydrogens is 253 g/mol. The third-order valence-corrected chi connectivity index (χ3v) is 3.81. The Bertz CT molecular complexity index is 402. The Balaban J connectivity index is 2.53. The highest BCUT2D eigenvalue weighted by Crippen LogP contribution is 2.10. The van der Waals surface area contributed by atoms with E-state index in [4.69, 9.17) is 0 Å². The lowest BCUT2D eigenvalue weighted by atomic mass is 10.1. The number of halogens is 1. The van der Waals surface area contributed by atoms with E-state index in [0.717, 1.165) is 25.9 Å². The van der Waals surface area contributed by atoms with E-state index in [2.05, 4.69) is 25.7 Å². The zero-order valence-corrected chi connectivity index (χ0v) is 12.9. The maximum absolute atomic E-state index is 12.8. The first-order valence-electron chi connectivity index (χ1n) is 7.61. The molecule has 3 heteroatoms. The average molecular weight is 279 g/mol. The van der Waals surface area contributed by atoms with E-state index in [0.29, 0.717) is 18.0 Å². The molecule has 0 fully saturated rings. The summed E-state index contributed by atoms with van der Waals surface area (Å²) in [6.07, 6.45) is 3.92. The zero-order chi connectivity index (χ0) is 15.0. The van der Waals surface area contributed by atoms with Gasteiger partial charge < -0.3 is 4.90 Å². The number of ketones is 1. The monoisotopic (exact) mass is 279 g/mol.